The number of amides is 1. The van der Waals surface area contributed by atoms with Crippen LogP contribution in [0.1, 0.15) is 0 Å². The molecular weight excluding hydrogens is 288 g/mol. The summed E-state index contributed by atoms with van der Waals surface area (Å²) in [5, 5.41) is 2.44. The highest BCUT2D eigenvalue weighted by Crippen LogP contribution is 2.32. The normalized spacial score (nSPS) is 10.9. The zero-order valence-electron chi connectivity index (χ0n) is 9.09. The molecule has 0 unspecified atom stereocenters. The number of rotatable bonds is 3. The largest absolute Gasteiger partial charge is 0.497 e. The van der Waals surface area contributed by atoms with E-state index >= 15 is 0 Å². The van der Waals surface area contributed by atoms with Gasteiger partial charge in [-0.25, -0.2) is 0 Å². The first-order valence-electron chi connectivity index (χ1n) is 4.48. The molecule has 0 saturated carbocycles. The van der Waals surface area contributed by atoms with Crippen molar-refractivity contribution in [3.05, 3.63) is 18.2 Å². The van der Waals surface area contributed by atoms with Crippen LogP contribution < -0.4 is 14.8 Å². The van der Waals surface area contributed by atoms with Crippen LogP contribution >= 0.6 is 34.8 Å². The van der Waals surface area contributed by atoms with E-state index in [1.807, 2.05) is 0 Å². The Hall–Kier alpha value is -0.840. The molecule has 1 amide bonds. The van der Waals surface area contributed by atoms with Crippen LogP contribution in [0, 0.1) is 0 Å². The van der Waals surface area contributed by atoms with E-state index in [0.717, 1.165) is 0 Å². The molecule has 0 aromatic heterocycles. The van der Waals surface area contributed by atoms with Gasteiger partial charge in [0.1, 0.15) is 11.5 Å². The van der Waals surface area contributed by atoms with Crippen LogP contribution in [0.4, 0.5) is 5.69 Å². The fourth-order valence-electron chi connectivity index (χ4n) is 1.10. The second-order valence-electron chi connectivity index (χ2n) is 3.02. The summed E-state index contributed by atoms with van der Waals surface area (Å²) in [5.41, 5.74) is 0.364. The lowest BCUT2D eigenvalue weighted by atomic mass is 10.2. The van der Waals surface area contributed by atoms with Crippen LogP contribution in [0.5, 0.6) is 11.5 Å². The molecule has 0 aliphatic heterocycles. The summed E-state index contributed by atoms with van der Waals surface area (Å²) in [4.78, 5) is 11.5. The van der Waals surface area contributed by atoms with Crippen molar-refractivity contribution in [1.29, 1.82) is 0 Å². The summed E-state index contributed by atoms with van der Waals surface area (Å²) in [7, 11) is 2.97. The lowest BCUT2D eigenvalue weighted by Crippen LogP contribution is -2.27. The van der Waals surface area contributed by atoms with Crippen molar-refractivity contribution in [2.45, 2.75) is 3.79 Å². The summed E-state index contributed by atoms with van der Waals surface area (Å²) < 4.78 is 8.04. The number of hydrogen-bond acceptors (Lipinski definition) is 3. The summed E-state index contributed by atoms with van der Waals surface area (Å²) in [6, 6.07) is 4.88. The number of ether oxygens (including phenoxy) is 2. The van der Waals surface area contributed by atoms with Gasteiger partial charge in [-0.15, -0.1) is 0 Å². The number of halogens is 3. The van der Waals surface area contributed by atoms with Gasteiger partial charge in [-0.3, -0.25) is 4.79 Å². The highest BCUT2D eigenvalue weighted by Gasteiger charge is 2.31. The van der Waals surface area contributed by atoms with Crippen LogP contribution in [0.2, 0.25) is 0 Å². The third-order valence-electron chi connectivity index (χ3n) is 1.91. The number of carbonyl (C=O) groups is 1. The molecule has 0 aliphatic rings. The van der Waals surface area contributed by atoms with Crippen molar-refractivity contribution < 1.29 is 14.3 Å². The van der Waals surface area contributed by atoms with E-state index in [0.29, 0.717) is 17.2 Å². The molecule has 17 heavy (non-hydrogen) atoms. The number of methoxy groups -OCH3 is 2. The van der Waals surface area contributed by atoms with E-state index in [9.17, 15) is 4.79 Å². The van der Waals surface area contributed by atoms with Gasteiger partial charge >= 0.3 is 0 Å². The van der Waals surface area contributed by atoms with Crippen LogP contribution in [0.15, 0.2) is 18.2 Å². The molecule has 1 aromatic rings. The molecule has 0 atom stereocenters. The lowest BCUT2D eigenvalue weighted by Gasteiger charge is -2.14. The number of hydrogen-bond donors (Lipinski definition) is 1. The molecule has 0 heterocycles. The van der Waals surface area contributed by atoms with Gasteiger partial charge in [-0.1, -0.05) is 34.8 Å². The molecule has 94 valence electrons. The average molecular weight is 299 g/mol. The number of nitrogens with one attached hydrogen (secondary N) is 1. The quantitative estimate of drug-likeness (QED) is 0.873. The molecule has 7 heteroatoms. The fraction of sp³-hybridized carbons (Fsp3) is 0.300. The monoisotopic (exact) mass is 297 g/mol. The van der Waals surface area contributed by atoms with E-state index in [1.54, 1.807) is 18.2 Å². The van der Waals surface area contributed by atoms with E-state index in [1.165, 1.54) is 14.2 Å². The second-order valence-corrected chi connectivity index (χ2v) is 5.30. The predicted molar refractivity (Wildman–Crippen MR) is 68.5 cm³/mol. The summed E-state index contributed by atoms with van der Waals surface area (Å²) in [6.07, 6.45) is 0. The van der Waals surface area contributed by atoms with E-state index in [-0.39, 0.29) is 0 Å². The van der Waals surface area contributed by atoms with Crippen LogP contribution in [-0.2, 0) is 4.79 Å². The van der Waals surface area contributed by atoms with E-state index in [2.05, 4.69) is 5.32 Å². The van der Waals surface area contributed by atoms with E-state index in [4.69, 9.17) is 44.3 Å². The number of benzene rings is 1. The summed E-state index contributed by atoms with van der Waals surface area (Å²) in [5.74, 6) is 0.216. The van der Waals surface area contributed by atoms with Crippen LogP contribution in [-0.4, -0.2) is 23.9 Å². The highest BCUT2D eigenvalue weighted by molar-refractivity contribution is 6.76. The molecule has 0 spiro atoms. The molecular formula is C10H10Cl3NO3. The van der Waals surface area contributed by atoms with Gasteiger partial charge in [0.2, 0.25) is 0 Å². The maximum atomic E-state index is 11.5. The SMILES string of the molecule is COc1ccc(OC)c(NC(=O)C(Cl)(Cl)Cl)c1. The van der Waals surface area contributed by atoms with Crippen molar-refractivity contribution in [3.63, 3.8) is 0 Å². The Morgan fingerprint density at radius 2 is 1.88 bits per heavy atom. The van der Waals surface area contributed by atoms with Crippen molar-refractivity contribution in [1.82, 2.24) is 0 Å². The molecule has 1 N–H and O–H groups in total. The van der Waals surface area contributed by atoms with Crippen LogP contribution in [0.25, 0.3) is 0 Å². The number of anilines is 1. The van der Waals surface area contributed by atoms with Gasteiger partial charge in [-0.05, 0) is 12.1 Å². The van der Waals surface area contributed by atoms with Gasteiger partial charge in [0.05, 0.1) is 19.9 Å². The summed E-state index contributed by atoms with van der Waals surface area (Å²) >= 11 is 16.3. The first kappa shape index (κ1) is 14.2. The molecule has 4 nitrogen and oxygen atoms in total. The number of carbonyl (C=O) groups excluding carboxylic acids is 1. The molecule has 0 fully saturated rings. The van der Waals surface area contributed by atoms with Gasteiger partial charge in [0.25, 0.3) is 9.70 Å². The Kier molecular flexibility index (Phi) is 4.74. The van der Waals surface area contributed by atoms with Crippen molar-refractivity contribution in [2.75, 3.05) is 19.5 Å². The van der Waals surface area contributed by atoms with Gasteiger partial charge in [0, 0.05) is 6.07 Å². The third kappa shape index (κ3) is 3.84. The van der Waals surface area contributed by atoms with Gasteiger partial charge in [0.15, 0.2) is 0 Å². The maximum absolute atomic E-state index is 11.5. The Balaban J connectivity index is 2.99. The first-order valence-corrected chi connectivity index (χ1v) is 5.62. The molecule has 0 bridgehead atoms. The molecule has 1 rings (SSSR count). The lowest BCUT2D eigenvalue weighted by molar-refractivity contribution is -0.115. The molecule has 1 aromatic carbocycles. The first-order chi connectivity index (χ1) is 7.88. The Bertz CT molecular complexity index is 418. The van der Waals surface area contributed by atoms with Gasteiger partial charge in [-0.2, -0.15) is 0 Å². The molecule has 0 saturated heterocycles. The third-order valence-corrected chi connectivity index (χ3v) is 2.43. The van der Waals surface area contributed by atoms with Crippen molar-refractivity contribution in [2.24, 2.45) is 0 Å². The standard InChI is InChI=1S/C10H10Cl3NO3/c1-16-6-3-4-8(17-2)7(5-6)14-9(15)10(11,12)13/h3-5H,1-2H3,(H,14,15). The predicted octanol–water partition coefficient (Wildman–Crippen LogP) is 3.01. The molecule has 0 aliphatic carbocycles. The number of alkyl halides is 3. The highest BCUT2D eigenvalue weighted by atomic mass is 35.6. The second kappa shape index (κ2) is 5.67. The molecule has 0 radical (unpaired) electrons. The summed E-state index contributed by atoms with van der Waals surface area (Å²) in [6.45, 7) is 0. The Morgan fingerprint density at radius 3 is 2.35 bits per heavy atom. The zero-order chi connectivity index (χ0) is 13.1. The minimum atomic E-state index is -2.03. The smallest absolute Gasteiger partial charge is 0.276 e. The minimum absolute atomic E-state index is 0.364. The van der Waals surface area contributed by atoms with Gasteiger partial charge < -0.3 is 14.8 Å². The topological polar surface area (TPSA) is 47.6 Å². The van der Waals surface area contributed by atoms with Crippen LogP contribution in [0.3, 0.4) is 0 Å². The van der Waals surface area contributed by atoms with Crippen molar-refractivity contribution >= 4 is 46.4 Å². The average Bonchev–Trinajstić information content (AvgIpc) is 2.27. The Morgan fingerprint density at radius 1 is 1.24 bits per heavy atom. The fourth-order valence-corrected chi connectivity index (χ4v) is 1.25. The minimum Gasteiger partial charge on any atom is -0.497 e. The Labute approximate surface area is 114 Å². The van der Waals surface area contributed by atoms with E-state index < -0.39 is 9.70 Å². The van der Waals surface area contributed by atoms with Crippen molar-refractivity contribution in [3.8, 4) is 11.5 Å². The zero-order valence-corrected chi connectivity index (χ0v) is 11.4. The maximum Gasteiger partial charge on any atom is 0.276 e.